The lowest BCUT2D eigenvalue weighted by atomic mass is 9.84. The number of fused-ring (bicyclic) bond motifs is 1. The molecule has 0 aliphatic heterocycles. The fourth-order valence-corrected chi connectivity index (χ4v) is 8.97. The second-order valence-electron chi connectivity index (χ2n) is 18.0. The number of aromatic hydroxyl groups is 1. The molecular weight excluding hydrogens is 803 g/mol. The molecule has 2 aromatic heterocycles. The van der Waals surface area contributed by atoms with Crippen molar-refractivity contribution in [3.8, 4) is 78.6 Å². The molecule has 1 N–H and O–H groups in total. The molecule has 0 aliphatic rings. The molecule has 0 aliphatic carbocycles. The van der Waals surface area contributed by atoms with Gasteiger partial charge in [0.05, 0.1) is 28.0 Å². The summed E-state index contributed by atoms with van der Waals surface area (Å²) >= 11 is 0. The van der Waals surface area contributed by atoms with Crippen LogP contribution in [0.2, 0.25) is 0 Å². The largest absolute Gasteiger partial charge is 0.507 e. The van der Waals surface area contributed by atoms with Gasteiger partial charge in [-0.15, -0.1) is 0 Å². The normalized spacial score (nSPS) is 15.0. The standard InChI is InChI=1S/C62H61N3O/c1-37(2)47-34-54(40(7)8)61(66)55(35-47)62-64-60-53(20-15-21-58(60)65(62)57-27-26-46(30-42(57)10)59-51(38(3)4)18-14-19-52(59)39(5)6)49-31-48(43-16-12-11-13-17-43)32-50(33-49)56-36-45(28-29-63-56)44-24-22-41(9)23-25-44/h11-40,66H,1-10H3/i9D3,10D3,37D,38D,39D,40D. The highest BCUT2D eigenvalue weighted by molar-refractivity contribution is 5.98. The predicted octanol–water partition coefficient (Wildman–Crippen LogP) is 17.2. The molecule has 66 heavy (non-hydrogen) atoms. The number of phenols is 1. The molecule has 0 saturated heterocycles. The van der Waals surface area contributed by atoms with Crippen molar-refractivity contribution in [3.05, 3.63) is 191 Å². The van der Waals surface area contributed by atoms with Gasteiger partial charge in [0.1, 0.15) is 11.6 Å². The van der Waals surface area contributed by atoms with Crippen molar-refractivity contribution in [2.45, 2.75) is 92.7 Å². The van der Waals surface area contributed by atoms with Gasteiger partial charge in [0.25, 0.3) is 0 Å². The molecule has 9 rings (SSSR count). The van der Waals surface area contributed by atoms with Gasteiger partial charge in [0.2, 0.25) is 0 Å². The van der Waals surface area contributed by atoms with Crippen LogP contribution in [0.25, 0.3) is 83.9 Å². The summed E-state index contributed by atoms with van der Waals surface area (Å²) in [6.07, 6.45) is 1.73. The van der Waals surface area contributed by atoms with Crippen molar-refractivity contribution < 1.29 is 18.8 Å². The maximum Gasteiger partial charge on any atom is 0.149 e. The van der Waals surface area contributed by atoms with Crippen LogP contribution >= 0.6 is 0 Å². The van der Waals surface area contributed by atoms with Crippen LogP contribution < -0.4 is 0 Å². The summed E-state index contributed by atoms with van der Waals surface area (Å²) in [5.74, 6) is -4.75. The number of hydrogen-bond acceptors (Lipinski definition) is 3. The van der Waals surface area contributed by atoms with Crippen LogP contribution in [0.1, 0.15) is 126 Å². The molecule has 0 radical (unpaired) electrons. The van der Waals surface area contributed by atoms with Crippen molar-refractivity contribution in [2.75, 3.05) is 0 Å². The Balaban J connectivity index is 1.35. The highest BCUT2D eigenvalue weighted by atomic mass is 16.3. The predicted molar refractivity (Wildman–Crippen MR) is 279 cm³/mol. The third-order valence-electron chi connectivity index (χ3n) is 12.4. The second kappa shape index (κ2) is 18.1. The van der Waals surface area contributed by atoms with Crippen molar-refractivity contribution in [1.29, 1.82) is 0 Å². The SMILES string of the molecule is [2H]C([2H])([2H])c1ccc(-c2ccnc(-c3cc(-c4ccccc4)cc(-c4cccc5c4nc(-c4cc(C([2H])(C)C)cc(C([2H])(C)C)c4O)n5-c4ccc(-c5c(C([2H])(C)C)cccc5C([2H])(C)C)cc4C([2H])([2H])[2H])c3)c2)cc1. The van der Waals surface area contributed by atoms with Crippen molar-refractivity contribution in [2.24, 2.45) is 0 Å². The number of hydrogen-bond donors (Lipinski definition) is 1. The molecule has 7 aromatic carbocycles. The molecule has 330 valence electrons. The van der Waals surface area contributed by atoms with E-state index in [1.54, 1.807) is 115 Å². The Kier molecular flexibility index (Phi) is 9.17. The molecule has 0 amide bonds. The van der Waals surface area contributed by atoms with Crippen LogP contribution in [0.4, 0.5) is 0 Å². The zero-order valence-electron chi connectivity index (χ0n) is 48.8. The molecule has 9 aromatic rings. The minimum Gasteiger partial charge on any atom is -0.507 e. The smallest absolute Gasteiger partial charge is 0.149 e. The minimum atomic E-state index is -2.72. The van der Waals surface area contributed by atoms with E-state index in [-0.39, 0.29) is 39.5 Å². The zero-order chi connectivity index (χ0) is 55.1. The number of nitrogens with zero attached hydrogens (tertiary/aromatic N) is 3. The zero-order valence-corrected chi connectivity index (χ0v) is 38.8. The van der Waals surface area contributed by atoms with Gasteiger partial charge < -0.3 is 5.11 Å². The van der Waals surface area contributed by atoms with E-state index in [0.29, 0.717) is 50.1 Å². The molecule has 0 spiro atoms. The molecular formula is C62H61N3O. The number of aromatic nitrogens is 3. The number of rotatable bonds is 11. The maximum atomic E-state index is 12.5. The Labute approximate surface area is 405 Å². The molecule has 0 atom stereocenters. The van der Waals surface area contributed by atoms with E-state index >= 15 is 0 Å². The molecule has 0 unspecified atom stereocenters. The Morgan fingerprint density at radius 2 is 1.18 bits per heavy atom. The first kappa shape index (κ1) is 33.4. The van der Waals surface area contributed by atoms with Crippen molar-refractivity contribution in [3.63, 3.8) is 0 Å². The van der Waals surface area contributed by atoms with Gasteiger partial charge >= 0.3 is 0 Å². The quantitative estimate of drug-likeness (QED) is 0.141. The monoisotopic (exact) mass is 874 g/mol. The van der Waals surface area contributed by atoms with Crippen LogP contribution in [0, 0.1) is 13.7 Å². The summed E-state index contributed by atoms with van der Waals surface area (Å²) in [5, 5.41) is 12.5. The fourth-order valence-electron chi connectivity index (χ4n) is 8.97. The molecule has 0 saturated carbocycles. The van der Waals surface area contributed by atoms with E-state index in [0.717, 1.165) is 33.4 Å². The van der Waals surface area contributed by atoms with E-state index in [1.807, 2.05) is 91.0 Å². The average Bonchev–Trinajstić information content (AvgIpc) is 3.76. The summed E-state index contributed by atoms with van der Waals surface area (Å²) in [4.78, 5) is 10.3. The van der Waals surface area contributed by atoms with Gasteiger partial charge in [-0.3, -0.25) is 9.55 Å². The number of para-hydroxylation sites is 1. The van der Waals surface area contributed by atoms with Gasteiger partial charge in [-0.05, 0) is 159 Å². The van der Waals surface area contributed by atoms with Crippen LogP contribution in [-0.4, -0.2) is 19.6 Å². The first-order chi connectivity index (χ1) is 35.4. The highest BCUT2D eigenvalue weighted by Gasteiger charge is 2.25. The van der Waals surface area contributed by atoms with Gasteiger partial charge in [-0.25, -0.2) is 4.98 Å². The first-order valence-electron chi connectivity index (χ1n) is 27.4. The molecule has 2 heterocycles. The van der Waals surface area contributed by atoms with Gasteiger partial charge in [0, 0.05) is 31.0 Å². The van der Waals surface area contributed by atoms with E-state index in [1.165, 1.54) is 0 Å². The summed E-state index contributed by atoms with van der Waals surface area (Å²) in [5.41, 5.74) is 11.3. The molecule has 0 bridgehead atoms. The third-order valence-corrected chi connectivity index (χ3v) is 12.4. The number of aryl methyl sites for hydroxylation is 2. The summed E-state index contributed by atoms with van der Waals surface area (Å²) in [7, 11) is 0. The lowest BCUT2D eigenvalue weighted by molar-refractivity contribution is 0.466. The fraction of sp³-hybridized carbons (Fsp3) is 0.226. The highest BCUT2D eigenvalue weighted by Crippen LogP contribution is 2.45. The van der Waals surface area contributed by atoms with Gasteiger partial charge in [-0.1, -0.05) is 158 Å². The number of imidazole rings is 1. The Morgan fingerprint density at radius 3 is 1.86 bits per heavy atom. The summed E-state index contributed by atoms with van der Waals surface area (Å²) in [6.45, 7) is 8.93. The maximum absolute atomic E-state index is 12.5. The van der Waals surface area contributed by atoms with Crippen LogP contribution in [0.5, 0.6) is 5.75 Å². The van der Waals surface area contributed by atoms with E-state index < -0.39 is 37.3 Å². The summed E-state index contributed by atoms with van der Waals surface area (Å²) in [6, 6.07) is 46.6. The van der Waals surface area contributed by atoms with Crippen LogP contribution in [-0.2, 0) is 0 Å². The van der Waals surface area contributed by atoms with Crippen LogP contribution in [0.3, 0.4) is 0 Å². The average molecular weight is 874 g/mol. The van der Waals surface area contributed by atoms with Crippen LogP contribution in [0.15, 0.2) is 158 Å². The first-order valence-corrected chi connectivity index (χ1v) is 22.4. The Morgan fingerprint density at radius 1 is 0.515 bits per heavy atom. The number of pyridine rings is 1. The second-order valence-corrected chi connectivity index (χ2v) is 18.0. The van der Waals surface area contributed by atoms with Gasteiger partial charge in [-0.2, -0.15) is 0 Å². The molecule has 4 nitrogen and oxygen atoms in total. The summed E-state index contributed by atoms with van der Waals surface area (Å²) < 4.78 is 89.7. The van der Waals surface area contributed by atoms with Crippen molar-refractivity contribution in [1.82, 2.24) is 14.5 Å². The van der Waals surface area contributed by atoms with Gasteiger partial charge in [0.15, 0.2) is 0 Å². The lowest BCUT2D eigenvalue weighted by Gasteiger charge is -2.22. The van der Waals surface area contributed by atoms with E-state index in [9.17, 15) is 14.7 Å². The Bertz CT molecular complexity index is 3630. The van der Waals surface area contributed by atoms with E-state index in [2.05, 4.69) is 12.1 Å². The third kappa shape index (κ3) is 8.37. The topological polar surface area (TPSA) is 50.9 Å². The number of benzene rings is 7. The molecule has 4 heteroatoms. The van der Waals surface area contributed by atoms with E-state index in [4.69, 9.17) is 14.1 Å². The lowest BCUT2D eigenvalue weighted by Crippen LogP contribution is -2.04. The molecule has 0 fully saturated rings. The minimum absolute atomic E-state index is 0.0350. The van der Waals surface area contributed by atoms with Crippen molar-refractivity contribution >= 4 is 11.0 Å². The number of phenolic OH excluding ortho intramolecular Hbond substituents is 1. The Hall–Kier alpha value is -7.04.